The summed E-state index contributed by atoms with van der Waals surface area (Å²) < 4.78 is 83.5. The third-order valence-corrected chi connectivity index (χ3v) is 11.0. The van der Waals surface area contributed by atoms with E-state index in [1.54, 1.807) is 12.1 Å². The van der Waals surface area contributed by atoms with Crippen LogP contribution in [0.3, 0.4) is 0 Å². The number of halogens is 6. The minimum Gasteiger partial charge on any atom is -0.166 e. The van der Waals surface area contributed by atoms with Gasteiger partial charge in [0, 0.05) is 11.1 Å². The Balaban J connectivity index is 1.07. The molecule has 0 unspecified atom stereocenters. The molecule has 11 aromatic rings. The highest BCUT2D eigenvalue weighted by Gasteiger charge is 2.37. The summed E-state index contributed by atoms with van der Waals surface area (Å²) in [5.74, 6) is 12.8. The highest BCUT2D eigenvalue weighted by molar-refractivity contribution is 6.24. The van der Waals surface area contributed by atoms with Gasteiger partial charge in [-0.2, -0.15) is 31.1 Å². The molecule has 1 aromatic heterocycles. The summed E-state index contributed by atoms with van der Waals surface area (Å²) >= 11 is 0. The average molecular weight is 780 g/mol. The Labute approximate surface area is 330 Å². The van der Waals surface area contributed by atoms with E-state index in [0.29, 0.717) is 34.4 Å². The number of hydrogen-bond acceptors (Lipinski definition) is 2. The van der Waals surface area contributed by atoms with Gasteiger partial charge in [0.05, 0.1) is 27.9 Å². The van der Waals surface area contributed by atoms with Gasteiger partial charge in [-0.1, -0.05) is 109 Å². The van der Waals surface area contributed by atoms with Gasteiger partial charge in [-0.3, -0.25) is 0 Å². The molecule has 0 N–H and O–H groups in total. The van der Waals surface area contributed by atoms with Gasteiger partial charge in [0.25, 0.3) is 0 Å². The minimum absolute atomic E-state index is 0.0753. The van der Waals surface area contributed by atoms with Gasteiger partial charge in [-0.05, 0) is 119 Å². The number of fused-ring (bicyclic) bond motifs is 1. The Morgan fingerprint density at radius 3 is 1.07 bits per heavy atom. The lowest BCUT2D eigenvalue weighted by Gasteiger charge is -2.13. The normalized spacial score (nSPS) is 12.3. The molecule has 0 aliphatic carbocycles. The summed E-state index contributed by atoms with van der Waals surface area (Å²) in [6, 6.07) is 41.5. The quantitative estimate of drug-likeness (QED) is 0.0944. The predicted molar refractivity (Wildman–Crippen MR) is 221 cm³/mol. The average Bonchev–Trinajstić information content (AvgIpc) is 3.69. The topological polar surface area (TPSA) is 30.7 Å². The Hall–Kier alpha value is -7.62. The summed E-state index contributed by atoms with van der Waals surface area (Å²) in [6.45, 7) is 0. The van der Waals surface area contributed by atoms with E-state index in [-0.39, 0.29) is 17.1 Å². The van der Waals surface area contributed by atoms with E-state index in [2.05, 4.69) is 107 Å². The third kappa shape index (κ3) is 5.74. The zero-order chi connectivity index (χ0) is 40.2. The van der Waals surface area contributed by atoms with Crippen LogP contribution in [-0.4, -0.2) is 15.0 Å². The highest BCUT2D eigenvalue weighted by atomic mass is 19.4. The van der Waals surface area contributed by atoms with Gasteiger partial charge in [0.15, 0.2) is 0 Å². The highest BCUT2D eigenvalue weighted by Crippen LogP contribution is 2.39. The van der Waals surface area contributed by atoms with E-state index in [4.69, 9.17) is 0 Å². The van der Waals surface area contributed by atoms with Crippen LogP contribution >= 0.6 is 0 Å². The van der Waals surface area contributed by atoms with Crippen LogP contribution in [0.25, 0.3) is 81.4 Å². The van der Waals surface area contributed by atoms with Crippen LogP contribution in [0, 0.1) is 23.7 Å². The van der Waals surface area contributed by atoms with Crippen LogP contribution in [0.5, 0.6) is 0 Å². The lowest BCUT2D eigenvalue weighted by Crippen LogP contribution is -2.13. The standard InChI is InChI=1S/C50H23F6N3/c51-49(52,53)40-25-41(50(54,55)56)27-42(26-40)59-57-47-34(9-7-28-21-36-17-11-30-3-1-4-31-12-18-37(22-28)45(36)43(30)31)15-16-35(48(47)58-59)10-8-29-23-38-19-13-32-5-2-6-33-14-20-39(24-29)46(38)44(32)33/h1-6,11-27H. The molecule has 0 atom stereocenters. The first-order valence-corrected chi connectivity index (χ1v) is 18.5. The first kappa shape index (κ1) is 34.6. The van der Waals surface area contributed by atoms with Crippen molar-refractivity contribution >= 4 is 75.7 Å². The minimum atomic E-state index is -5.06. The van der Waals surface area contributed by atoms with Crippen molar-refractivity contribution < 1.29 is 26.3 Å². The first-order valence-electron chi connectivity index (χ1n) is 18.5. The van der Waals surface area contributed by atoms with Gasteiger partial charge in [-0.15, -0.1) is 10.2 Å². The molecule has 0 aliphatic heterocycles. The van der Waals surface area contributed by atoms with E-state index >= 15 is 0 Å². The summed E-state index contributed by atoms with van der Waals surface area (Å²) in [7, 11) is 0. The Morgan fingerprint density at radius 1 is 0.373 bits per heavy atom. The third-order valence-electron chi connectivity index (χ3n) is 11.0. The molecule has 9 heteroatoms. The van der Waals surface area contributed by atoms with Crippen molar-refractivity contribution in [2.75, 3.05) is 0 Å². The molecular weight excluding hydrogens is 757 g/mol. The Morgan fingerprint density at radius 2 is 0.712 bits per heavy atom. The van der Waals surface area contributed by atoms with Crippen LogP contribution in [-0.2, 0) is 12.4 Å². The van der Waals surface area contributed by atoms with E-state index in [1.807, 2.05) is 36.4 Å². The van der Waals surface area contributed by atoms with Crippen molar-refractivity contribution in [3.8, 4) is 29.4 Å². The molecule has 0 saturated carbocycles. The molecule has 0 amide bonds. The van der Waals surface area contributed by atoms with E-state index in [0.717, 1.165) is 58.7 Å². The van der Waals surface area contributed by atoms with Gasteiger partial charge in [-0.25, -0.2) is 0 Å². The number of benzene rings is 10. The fraction of sp³-hybridized carbons (Fsp3) is 0.0400. The Bertz CT molecular complexity index is 3300. The maximum atomic E-state index is 13.9. The molecule has 0 aliphatic rings. The molecular formula is C50H23F6N3. The fourth-order valence-corrected chi connectivity index (χ4v) is 8.30. The lowest BCUT2D eigenvalue weighted by molar-refractivity contribution is -0.143. The van der Waals surface area contributed by atoms with Crippen molar-refractivity contribution in [3.63, 3.8) is 0 Å². The molecule has 1 heterocycles. The Kier molecular flexibility index (Phi) is 7.30. The maximum absolute atomic E-state index is 13.9. The zero-order valence-electron chi connectivity index (χ0n) is 30.4. The summed E-state index contributed by atoms with van der Waals surface area (Å²) in [5, 5.41) is 22.1. The molecule has 0 spiro atoms. The SMILES string of the molecule is FC(F)(F)c1cc(-n2nc3c(C#Cc4cc5ccc6cccc7ccc(c4)c5c67)ccc(C#Cc4cc5ccc6cccc7ccc(c4)c5c67)c3n2)cc(C(F)(F)F)c1. The molecule has 11 rings (SSSR count). The van der Waals surface area contributed by atoms with Crippen molar-refractivity contribution in [1.29, 1.82) is 0 Å². The first-order chi connectivity index (χ1) is 28.4. The van der Waals surface area contributed by atoms with Crippen molar-refractivity contribution in [3.05, 3.63) is 173 Å². The summed E-state index contributed by atoms with van der Waals surface area (Å²) in [6.07, 6.45) is -10.1. The van der Waals surface area contributed by atoms with Crippen molar-refractivity contribution in [2.45, 2.75) is 12.4 Å². The number of nitrogens with zero attached hydrogens (tertiary/aromatic N) is 3. The van der Waals surface area contributed by atoms with Gasteiger partial charge in [0.2, 0.25) is 0 Å². The van der Waals surface area contributed by atoms with E-state index in [1.165, 1.54) is 10.8 Å². The number of rotatable bonds is 1. The number of alkyl halides is 6. The fourth-order valence-electron chi connectivity index (χ4n) is 8.30. The molecule has 0 saturated heterocycles. The molecule has 59 heavy (non-hydrogen) atoms. The zero-order valence-corrected chi connectivity index (χ0v) is 30.4. The van der Waals surface area contributed by atoms with Crippen LogP contribution < -0.4 is 0 Å². The van der Waals surface area contributed by atoms with Crippen molar-refractivity contribution in [1.82, 2.24) is 15.0 Å². The molecule has 0 fully saturated rings. The molecule has 3 nitrogen and oxygen atoms in total. The largest absolute Gasteiger partial charge is 0.416 e. The smallest absolute Gasteiger partial charge is 0.166 e. The van der Waals surface area contributed by atoms with E-state index in [9.17, 15) is 26.3 Å². The molecule has 0 radical (unpaired) electrons. The second-order valence-electron chi connectivity index (χ2n) is 14.6. The van der Waals surface area contributed by atoms with Crippen LogP contribution in [0.4, 0.5) is 26.3 Å². The number of aromatic nitrogens is 3. The van der Waals surface area contributed by atoms with Gasteiger partial charge >= 0.3 is 12.4 Å². The lowest BCUT2D eigenvalue weighted by atomic mass is 9.93. The van der Waals surface area contributed by atoms with Crippen LogP contribution in [0.2, 0.25) is 0 Å². The van der Waals surface area contributed by atoms with Gasteiger partial charge < -0.3 is 0 Å². The molecule has 280 valence electrons. The van der Waals surface area contributed by atoms with Crippen LogP contribution in [0.15, 0.2) is 140 Å². The predicted octanol–water partition coefficient (Wildman–Crippen LogP) is 13.1. The molecule has 0 bridgehead atoms. The summed E-state index contributed by atoms with van der Waals surface area (Å²) in [4.78, 5) is 0.784. The number of hydrogen-bond donors (Lipinski definition) is 0. The molecule has 10 aromatic carbocycles. The summed E-state index contributed by atoms with van der Waals surface area (Å²) in [5.41, 5.74) is -0.975. The van der Waals surface area contributed by atoms with Crippen LogP contribution in [0.1, 0.15) is 33.4 Å². The maximum Gasteiger partial charge on any atom is 0.416 e. The van der Waals surface area contributed by atoms with Gasteiger partial charge in [0.1, 0.15) is 11.0 Å². The van der Waals surface area contributed by atoms with Crippen molar-refractivity contribution in [2.24, 2.45) is 0 Å². The monoisotopic (exact) mass is 779 g/mol. The second-order valence-corrected chi connectivity index (χ2v) is 14.6. The van der Waals surface area contributed by atoms with E-state index < -0.39 is 29.2 Å². The second kappa shape index (κ2) is 12.4.